The number of dihydropyridines is 1. The van der Waals surface area contributed by atoms with Gasteiger partial charge in [-0.1, -0.05) is 138 Å². The summed E-state index contributed by atoms with van der Waals surface area (Å²) in [6.45, 7) is 36.9. The van der Waals surface area contributed by atoms with Crippen LogP contribution in [-0.4, -0.2) is 63.3 Å². The molecule has 11 heteroatoms. The topological polar surface area (TPSA) is 108 Å². The first-order chi connectivity index (χ1) is 30.9. The summed E-state index contributed by atoms with van der Waals surface area (Å²) in [6.07, 6.45) is 13.3. The zero-order valence-corrected chi connectivity index (χ0v) is 43.0. The van der Waals surface area contributed by atoms with E-state index in [1.54, 1.807) is 5.57 Å². The van der Waals surface area contributed by atoms with E-state index in [1.807, 2.05) is 21.8 Å². The van der Waals surface area contributed by atoms with E-state index in [4.69, 9.17) is 4.99 Å². The molecule has 5 heterocycles. The van der Waals surface area contributed by atoms with Gasteiger partial charge in [0.25, 0.3) is 0 Å². The van der Waals surface area contributed by atoms with Gasteiger partial charge in [-0.3, -0.25) is 4.99 Å². The highest BCUT2D eigenvalue weighted by molar-refractivity contribution is 5.91. The van der Waals surface area contributed by atoms with E-state index in [-0.39, 0.29) is 6.04 Å². The second-order valence-corrected chi connectivity index (χ2v) is 20.7. The monoisotopic (exact) mass is 886 g/mol. The number of fused-ring (bicyclic) bond motifs is 6. The Morgan fingerprint density at radius 2 is 1.15 bits per heavy atom. The molecule has 3 aromatic heterocycles. The Morgan fingerprint density at radius 1 is 0.569 bits per heavy atom. The largest absolute Gasteiger partial charge is 0.364 e. The van der Waals surface area contributed by atoms with Crippen molar-refractivity contribution in [2.24, 2.45) is 28.7 Å². The third-order valence-electron chi connectivity index (χ3n) is 13.0. The first kappa shape index (κ1) is 51.1. The van der Waals surface area contributed by atoms with Gasteiger partial charge in [0.05, 0.1) is 23.6 Å². The van der Waals surface area contributed by atoms with Crippen molar-refractivity contribution in [1.82, 2.24) is 45.0 Å². The fourth-order valence-electron chi connectivity index (χ4n) is 8.90. The number of allylic oxidation sites excluding steroid dienone is 1. The van der Waals surface area contributed by atoms with Gasteiger partial charge in [0.1, 0.15) is 5.69 Å². The lowest BCUT2D eigenvalue weighted by Crippen LogP contribution is -2.31. The summed E-state index contributed by atoms with van der Waals surface area (Å²) in [6, 6.07) is 18.7. The van der Waals surface area contributed by atoms with Gasteiger partial charge in [0, 0.05) is 71.5 Å². The van der Waals surface area contributed by atoms with E-state index < -0.39 is 0 Å². The fraction of sp³-hybridized carbons (Fsp3) is 0.611. The molecule has 2 unspecified atom stereocenters. The molecule has 0 spiro atoms. The molecule has 11 nitrogen and oxygen atoms in total. The summed E-state index contributed by atoms with van der Waals surface area (Å²) in [5, 5.41) is 25.2. The van der Waals surface area contributed by atoms with Crippen LogP contribution in [0, 0.1) is 23.7 Å². The van der Waals surface area contributed by atoms with Gasteiger partial charge in [-0.25, -0.2) is 14.0 Å². The van der Waals surface area contributed by atoms with Crippen LogP contribution >= 0.6 is 0 Å². The number of hydrogen-bond acceptors (Lipinski definition) is 8. The van der Waals surface area contributed by atoms with E-state index in [2.05, 4.69) is 206 Å². The van der Waals surface area contributed by atoms with Crippen LogP contribution in [-0.2, 0) is 6.54 Å². The molecule has 0 bridgehead atoms. The molecule has 65 heavy (non-hydrogen) atoms. The minimum Gasteiger partial charge on any atom is -0.364 e. The van der Waals surface area contributed by atoms with Crippen molar-refractivity contribution in [3.63, 3.8) is 0 Å². The van der Waals surface area contributed by atoms with E-state index in [9.17, 15) is 0 Å². The molecular formula is C54H83N11. The average Bonchev–Trinajstić information content (AvgIpc) is 4.04. The van der Waals surface area contributed by atoms with Crippen LogP contribution in [0.5, 0.6) is 0 Å². The van der Waals surface area contributed by atoms with Crippen LogP contribution in [0.1, 0.15) is 190 Å². The van der Waals surface area contributed by atoms with E-state index in [0.29, 0.717) is 41.8 Å². The first-order valence-electron chi connectivity index (χ1n) is 24.8. The standard InChI is InChI=1S/C21H24N4.C17H29N.2C8H15N3/c1-14(2)24-13-16-9-5-6-10-17(16)20-21(25(15(3)4)23-22-20)18-11-7-8-12-19(18)24;1-12(2)14-6-5-7-16-15(9-8-14)10-11-18-17(16)13(3)4;2*1-6(2)8-5-11(7(3)4)10-9-8/h5-12,14-15H,13H2,1-4H3;10,12-14,16H,5-9,11H2,1-4H3;2*5-7H,1-4H3. The average molecular weight is 886 g/mol. The van der Waals surface area contributed by atoms with Crippen molar-refractivity contribution in [2.45, 2.75) is 185 Å². The number of anilines is 1. The summed E-state index contributed by atoms with van der Waals surface area (Å²) in [4.78, 5) is 7.25. The maximum Gasteiger partial charge on any atom is 0.121 e. The van der Waals surface area contributed by atoms with Crippen LogP contribution in [0.25, 0.3) is 22.5 Å². The minimum absolute atomic E-state index is 0.253. The quantitative estimate of drug-likeness (QED) is 0.143. The molecule has 1 aliphatic carbocycles. The van der Waals surface area contributed by atoms with Crippen molar-refractivity contribution >= 4 is 11.4 Å². The smallest absolute Gasteiger partial charge is 0.121 e. The molecule has 1 saturated carbocycles. The molecule has 354 valence electrons. The third-order valence-corrected chi connectivity index (χ3v) is 13.0. The zero-order chi connectivity index (χ0) is 47.5. The third kappa shape index (κ3) is 13.1. The van der Waals surface area contributed by atoms with Crippen molar-refractivity contribution < 1.29 is 0 Å². The Balaban J connectivity index is 0.000000174. The molecule has 1 fully saturated rings. The molecule has 0 saturated heterocycles. The first-order valence-corrected chi connectivity index (χ1v) is 24.8. The van der Waals surface area contributed by atoms with E-state index in [0.717, 1.165) is 47.7 Å². The van der Waals surface area contributed by atoms with Gasteiger partial charge in [-0.2, -0.15) is 0 Å². The molecule has 5 aromatic rings. The van der Waals surface area contributed by atoms with Crippen LogP contribution in [0.4, 0.5) is 5.69 Å². The number of rotatable bonds is 8. The van der Waals surface area contributed by atoms with Gasteiger partial charge in [0.2, 0.25) is 0 Å². The number of para-hydroxylation sites is 1. The Labute approximate surface area is 392 Å². The summed E-state index contributed by atoms with van der Waals surface area (Å²) in [5.41, 5.74) is 12.4. The molecule has 0 radical (unpaired) electrons. The molecule has 2 atom stereocenters. The van der Waals surface area contributed by atoms with Crippen LogP contribution in [0.3, 0.4) is 0 Å². The lowest BCUT2D eigenvalue weighted by molar-refractivity contribution is 0.307. The Hall–Kier alpha value is -4.93. The van der Waals surface area contributed by atoms with Crippen LogP contribution in [0.15, 0.2) is 77.6 Å². The highest BCUT2D eigenvalue weighted by Crippen LogP contribution is 2.42. The van der Waals surface area contributed by atoms with Crippen molar-refractivity contribution in [2.75, 3.05) is 11.4 Å². The van der Waals surface area contributed by atoms with Crippen molar-refractivity contribution in [1.29, 1.82) is 0 Å². The van der Waals surface area contributed by atoms with Gasteiger partial charge in [0.15, 0.2) is 0 Å². The molecule has 3 aliphatic rings. The molecular weight excluding hydrogens is 803 g/mol. The summed E-state index contributed by atoms with van der Waals surface area (Å²) < 4.78 is 5.82. The van der Waals surface area contributed by atoms with Gasteiger partial charge >= 0.3 is 0 Å². The highest BCUT2D eigenvalue weighted by atomic mass is 15.4. The Morgan fingerprint density at radius 3 is 1.66 bits per heavy atom. The van der Waals surface area contributed by atoms with Crippen molar-refractivity contribution in [3.8, 4) is 22.5 Å². The minimum atomic E-state index is 0.253. The summed E-state index contributed by atoms with van der Waals surface area (Å²) in [5.74, 6) is 4.05. The number of benzene rings is 2. The Bertz CT molecular complexity index is 2180. The molecule has 8 rings (SSSR count). The lowest BCUT2D eigenvalue weighted by atomic mass is 9.74. The molecule has 0 N–H and O–H groups in total. The van der Waals surface area contributed by atoms with E-state index >= 15 is 0 Å². The molecule has 0 amide bonds. The highest BCUT2D eigenvalue weighted by Gasteiger charge is 2.29. The van der Waals surface area contributed by atoms with Crippen LogP contribution < -0.4 is 4.90 Å². The predicted octanol–water partition coefficient (Wildman–Crippen LogP) is 13.8. The predicted molar refractivity (Wildman–Crippen MR) is 272 cm³/mol. The van der Waals surface area contributed by atoms with Gasteiger partial charge in [-0.15, -0.1) is 15.3 Å². The van der Waals surface area contributed by atoms with Crippen LogP contribution in [0.2, 0.25) is 0 Å². The van der Waals surface area contributed by atoms with Gasteiger partial charge in [-0.05, 0) is 116 Å². The van der Waals surface area contributed by atoms with Crippen molar-refractivity contribution in [3.05, 3.63) is 89.5 Å². The maximum absolute atomic E-state index is 4.78. The lowest BCUT2D eigenvalue weighted by Gasteiger charge is -2.33. The second-order valence-electron chi connectivity index (χ2n) is 20.7. The van der Waals surface area contributed by atoms with Gasteiger partial charge < -0.3 is 4.90 Å². The summed E-state index contributed by atoms with van der Waals surface area (Å²) >= 11 is 0. The number of aliphatic imine (C=N–C) groups is 1. The number of nitrogens with zero attached hydrogens (tertiary/aromatic N) is 11. The number of aromatic nitrogens is 9. The Kier molecular flexibility index (Phi) is 18.5. The summed E-state index contributed by atoms with van der Waals surface area (Å²) in [7, 11) is 0. The number of hydrogen-bond donors (Lipinski definition) is 0. The fourth-order valence-corrected chi connectivity index (χ4v) is 8.90. The normalized spacial score (nSPS) is 17.1. The second kappa shape index (κ2) is 23.5. The maximum atomic E-state index is 4.78. The molecule has 2 aromatic carbocycles. The zero-order valence-electron chi connectivity index (χ0n) is 43.0. The molecule has 2 aliphatic heterocycles. The SMILES string of the molecule is CC(C)C1=NCC=C2CCC(C(C)C)CCCC21.CC(C)N1Cc2ccccc2-c2nnn(C(C)C)c2-c2ccccc21.CC(C)c1cn(C(C)C)nn1.CC(C)c1cn(C(C)C)nn1. The van der Waals surface area contributed by atoms with E-state index in [1.165, 1.54) is 60.2 Å².